The van der Waals surface area contributed by atoms with E-state index in [1.165, 1.54) is 0 Å². The molecular formula is C18H27N3O. The molecule has 1 N–H and O–H groups in total. The van der Waals surface area contributed by atoms with Crippen molar-refractivity contribution < 1.29 is 4.79 Å². The molecule has 4 nitrogen and oxygen atoms in total. The number of likely N-dealkylation sites (tertiary alicyclic amines) is 2. The van der Waals surface area contributed by atoms with E-state index in [-0.39, 0.29) is 6.03 Å². The largest absolute Gasteiger partial charge is 0.324 e. The van der Waals surface area contributed by atoms with E-state index in [1.54, 1.807) is 0 Å². The smallest absolute Gasteiger partial charge is 0.321 e. The van der Waals surface area contributed by atoms with Gasteiger partial charge in [0.15, 0.2) is 0 Å². The topological polar surface area (TPSA) is 35.6 Å². The molecule has 0 spiro atoms. The second kappa shape index (κ2) is 5.92. The Balaban J connectivity index is 1.52. The predicted octanol–water partition coefficient (Wildman–Crippen LogP) is 3.13. The molecule has 0 aliphatic carbocycles. The molecule has 2 atom stereocenters. The Bertz CT molecular complexity index is 509. The molecule has 4 heteroatoms. The van der Waals surface area contributed by atoms with Crippen LogP contribution in [0.15, 0.2) is 30.3 Å². The first-order valence-corrected chi connectivity index (χ1v) is 8.24. The minimum absolute atomic E-state index is 0.0444. The van der Waals surface area contributed by atoms with E-state index in [9.17, 15) is 4.79 Å². The number of carbonyl (C=O) groups excluding carboxylic acids is 1. The molecule has 2 heterocycles. The molecule has 0 aromatic heterocycles. The van der Waals surface area contributed by atoms with E-state index in [0.29, 0.717) is 17.3 Å². The fourth-order valence-corrected chi connectivity index (χ4v) is 3.78. The van der Waals surface area contributed by atoms with Crippen LogP contribution >= 0.6 is 0 Å². The fraction of sp³-hybridized carbons (Fsp3) is 0.611. The first kappa shape index (κ1) is 15.3. The first-order valence-electron chi connectivity index (χ1n) is 8.24. The third-order valence-electron chi connectivity index (χ3n) is 4.57. The molecular weight excluding hydrogens is 274 g/mol. The number of hydrogen-bond donors (Lipinski definition) is 1. The van der Waals surface area contributed by atoms with E-state index in [2.05, 4.69) is 31.0 Å². The average molecular weight is 301 g/mol. The van der Waals surface area contributed by atoms with Gasteiger partial charge in [-0.3, -0.25) is 0 Å². The molecule has 3 rings (SSSR count). The number of nitrogens with one attached hydrogen (secondary N) is 1. The molecule has 2 saturated heterocycles. The van der Waals surface area contributed by atoms with E-state index < -0.39 is 0 Å². The number of nitrogens with zero attached hydrogens (tertiary/aromatic N) is 2. The van der Waals surface area contributed by atoms with Crippen LogP contribution in [0.1, 0.15) is 20.8 Å². The lowest BCUT2D eigenvalue weighted by molar-refractivity contribution is 0.193. The first-order chi connectivity index (χ1) is 10.4. The Morgan fingerprint density at radius 2 is 1.68 bits per heavy atom. The minimum Gasteiger partial charge on any atom is -0.324 e. The van der Waals surface area contributed by atoms with Crippen LogP contribution in [0.4, 0.5) is 10.5 Å². The van der Waals surface area contributed by atoms with Crippen molar-refractivity contribution in [1.29, 1.82) is 0 Å². The molecule has 120 valence electrons. The Kier molecular flexibility index (Phi) is 4.13. The summed E-state index contributed by atoms with van der Waals surface area (Å²) in [6, 6.07) is 9.75. The number of amides is 2. The van der Waals surface area contributed by atoms with Crippen molar-refractivity contribution in [3.8, 4) is 0 Å². The highest BCUT2D eigenvalue weighted by atomic mass is 16.2. The summed E-state index contributed by atoms with van der Waals surface area (Å²) >= 11 is 0. The van der Waals surface area contributed by atoms with Crippen molar-refractivity contribution in [2.24, 2.45) is 17.3 Å². The van der Waals surface area contributed by atoms with Gasteiger partial charge >= 0.3 is 6.03 Å². The van der Waals surface area contributed by atoms with Gasteiger partial charge in [0.25, 0.3) is 0 Å². The van der Waals surface area contributed by atoms with Crippen LogP contribution in [0.5, 0.6) is 0 Å². The maximum atomic E-state index is 12.4. The highest BCUT2D eigenvalue weighted by Gasteiger charge is 2.42. The highest BCUT2D eigenvalue weighted by Crippen LogP contribution is 2.33. The number of anilines is 1. The molecule has 2 amide bonds. The van der Waals surface area contributed by atoms with Gasteiger partial charge in [-0.15, -0.1) is 0 Å². The van der Waals surface area contributed by atoms with E-state index in [4.69, 9.17) is 0 Å². The van der Waals surface area contributed by atoms with Crippen LogP contribution < -0.4 is 5.32 Å². The van der Waals surface area contributed by atoms with Gasteiger partial charge in [0.05, 0.1) is 0 Å². The third kappa shape index (κ3) is 3.61. The quantitative estimate of drug-likeness (QED) is 0.911. The lowest BCUT2D eigenvalue weighted by Gasteiger charge is -2.28. The van der Waals surface area contributed by atoms with Gasteiger partial charge in [0.2, 0.25) is 0 Å². The molecule has 0 saturated carbocycles. The normalized spacial score (nSPS) is 25.3. The summed E-state index contributed by atoms with van der Waals surface area (Å²) in [4.78, 5) is 16.9. The second-order valence-electron chi connectivity index (χ2n) is 7.98. The van der Waals surface area contributed by atoms with Gasteiger partial charge in [-0.2, -0.15) is 0 Å². The zero-order chi connectivity index (χ0) is 15.7. The average Bonchev–Trinajstić information content (AvgIpc) is 2.95. The number of benzene rings is 1. The van der Waals surface area contributed by atoms with Gasteiger partial charge in [0, 0.05) is 38.4 Å². The lowest BCUT2D eigenvalue weighted by atomic mass is 9.96. The minimum atomic E-state index is 0.0444. The molecule has 22 heavy (non-hydrogen) atoms. The second-order valence-corrected chi connectivity index (χ2v) is 7.98. The molecule has 1 aromatic carbocycles. The summed E-state index contributed by atoms with van der Waals surface area (Å²) in [7, 11) is 0. The molecule has 2 unspecified atom stereocenters. The van der Waals surface area contributed by atoms with Crippen molar-refractivity contribution in [1.82, 2.24) is 9.80 Å². The van der Waals surface area contributed by atoms with Gasteiger partial charge in [-0.25, -0.2) is 4.79 Å². The number of fused-ring (bicyclic) bond motifs is 1. The zero-order valence-electron chi connectivity index (χ0n) is 13.9. The number of urea groups is 1. The Morgan fingerprint density at radius 3 is 2.23 bits per heavy atom. The molecule has 0 bridgehead atoms. The Morgan fingerprint density at radius 1 is 1.09 bits per heavy atom. The maximum absolute atomic E-state index is 12.4. The molecule has 2 fully saturated rings. The summed E-state index contributed by atoms with van der Waals surface area (Å²) in [6.07, 6.45) is 0. The zero-order valence-corrected chi connectivity index (χ0v) is 13.9. The predicted molar refractivity (Wildman–Crippen MR) is 89.9 cm³/mol. The van der Waals surface area contributed by atoms with Crippen molar-refractivity contribution in [3.63, 3.8) is 0 Å². The number of rotatable bonds is 2. The van der Waals surface area contributed by atoms with Crippen molar-refractivity contribution in [3.05, 3.63) is 30.3 Å². The molecule has 1 aromatic rings. The van der Waals surface area contributed by atoms with Gasteiger partial charge in [-0.1, -0.05) is 39.0 Å². The van der Waals surface area contributed by atoms with Crippen LogP contribution in [0, 0.1) is 17.3 Å². The van der Waals surface area contributed by atoms with Crippen LogP contribution in [0.25, 0.3) is 0 Å². The number of hydrogen-bond acceptors (Lipinski definition) is 2. The SMILES string of the molecule is CC(C)(C)CN1CC2CN(C(=O)Nc3ccccc3)CC2C1. The molecule has 0 radical (unpaired) electrons. The summed E-state index contributed by atoms with van der Waals surface area (Å²) in [6.45, 7) is 12.1. The van der Waals surface area contributed by atoms with E-state index in [1.807, 2.05) is 35.2 Å². The van der Waals surface area contributed by atoms with Gasteiger partial charge in [0.1, 0.15) is 0 Å². The van der Waals surface area contributed by atoms with Crippen LogP contribution in [-0.4, -0.2) is 48.6 Å². The van der Waals surface area contributed by atoms with E-state index >= 15 is 0 Å². The summed E-state index contributed by atoms with van der Waals surface area (Å²) in [5.74, 6) is 1.28. The molecule has 2 aliphatic heterocycles. The summed E-state index contributed by atoms with van der Waals surface area (Å²) < 4.78 is 0. The van der Waals surface area contributed by atoms with Crippen molar-refractivity contribution in [2.45, 2.75) is 20.8 Å². The lowest BCUT2D eigenvalue weighted by Crippen LogP contribution is -2.37. The summed E-state index contributed by atoms with van der Waals surface area (Å²) in [5.41, 5.74) is 1.22. The van der Waals surface area contributed by atoms with Crippen LogP contribution in [0.3, 0.4) is 0 Å². The monoisotopic (exact) mass is 301 g/mol. The Hall–Kier alpha value is -1.55. The van der Waals surface area contributed by atoms with Crippen molar-refractivity contribution >= 4 is 11.7 Å². The standard InChI is InChI=1S/C18H27N3O/c1-18(2,3)13-20-9-14-11-21(12-15(14)10-20)17(22)19-16-7-5-4-6-8-16/h4-8,14-15H,9-13H2,1-3H3,(H,19,22). The Labute approximate surface area is 133 Å². The highest BCUT2D eigenvalue weighted by molar-refractivity contribution is 5.89. The number of para-hydroxylation sites is 1. The molecule has 2 aliphatic rings. The van der Waals surface area contributed by atoms with Crippen LogP contribution in [-0.2, 0) is 0 Å². The van der Waals surface area contributed by atoms with Crippen molar-refractivity contribution in [2.75, 3.05) is 38.0 Å². The number of carbonyl (C=O) groups is 1. The third-order valence-corrected chi connectivity index (χ3v) is 4.57. The van der Waals surface area contributed by atoms with E-state index in [0.717, 1.165) is 38.4 Å². The van der Waals surface area contributed by atoms with Gasteiger partial charge < -0.3 is 15.1 Å². The maximum Gasteiger partial charge on any atom is 0.321 e. The van der Waals surface area contributed by atoms with Crippen LogP contribution in [0.2, 0.25) is 0 Å². The summed E-state index contributed by atoms with van der Waals surface area (Å²) in [5, 5.41) is 3.00. The fourth-order valence-electron chi connectivity index (χ4n) is 3.78. The van der Waals surface area contributed by atoms with Gasteiger partial charge in [-0.05, 0) is 29.4 Å².